The summed E-state index contributed by atoms with van der Waals surface area (Å²) in [5, 5.41) is 6.82. The van der Waals surface area contributed by atoms with E-state index in [4.69, 9.17) is 11.6 Å². The van der Waals surface area contributed by atoms with E-state index in [1.165, 1.54) is 7.05 Å². The van der Waals surface area contributed by atoms with E-state index < -0.39 is 0 Å². The monoisotopic (exact) mass is 376 g/mol. The number of anilines is 1. The maximum Gasteiger partial charge on any atom is 0.314 e. The first-order valence-corrected chi connectivity index (χ1v) is 8.46. The van der Waals surface area contributed by atoms with Crippen LogP contribution in [0.3, 0.4) is 0 Å². The Bertz CT molecular complexity index is 898. The summed E-state index contributed by atoms with van der Waals surface area (Å²) in [6.07, 6.45) is 2.12. The van der Waals surface area contributed by atoms with Crippen LogP contribution in [-0.2, 0) is 0 Å². The highest BCUT2D eigenvalue weighted by atomic mass is 35.5. The molecule has 0 bridgehead atoms. The number of fused-ring (bicyclic) bond motifs is 1. The molecule has 3 N–H and O–H groups in total. The molecule has 0 aliphatic heterocycles. The number of aromatic amines is 1. The average molecular weight is 377 g/mol. The van der Waals surface area contributed by atoms with Gasteiger partial charge >= 0.3 is 6.03 Å². The summed E-state index contributed by atoms with van der Waals surface area (Å²) in [6.45, 7) is 0.437. The molecule has 2 amide bonds. The zero-order valence-corrected chi connectivity index (χ0v) is 14.8. The standard InChI is InChI=1S/C17H18ClFN6O/c1-20-17(26)22-8-2-10-25(19)16-13-7-9-21-15(13)23-14(24-16)11-3-5-12(18)6-4-11/h3-7,9H,2,8,10H2,1H3,(H2,20,22,26)(H,21,23,24). The first kappa shape index (κ1) is 17.9. The number of hydrogen-bond donors (Lipinski definition) is 3. The molecule has 136 valence electrons. The average Bonchev–Trinajstić information content (AvgIpc) is 3.13. The lowest BCUT2D eigenvalue weighted by Crippen LogP contribution is -2.34. The second-order valence-electron chi connectivity index (χ2n) is 5.56. The molecule has 0 spiro atoms. The quantitative estimate of drug-likeness (QED) is 0.455. The summed E-state index contributed by atoms with van der Waals surface area (Å²) in [5.74, 6) is 0.582. The minimum Gasteiger partial charge on any atom is -0.346 e. The van der Waals surface area contributed by atoms with E-state index in [1.807, 2.05) is 0 Å². The first-order valence-electron chi connectivity index (χ1n) is 8.08. The van der Waals surface area contributed by atoms with Gasteiger partial charge in [0.25, 0.3) is 0 Å². The minimum absolute atomic E-state index is 0.0847. The van der Waals surface area contributed by atoms with Gasteiger partial charge in [0, 0.05) is 30.4 Å². The van der Waals surface area contributed by atoms with Crippen molar-refractivity contribution in [2.75, 3.05) is 25.3 Å². The first-order chi connectivity index (χ1) is 12.6. The number of H-pyrrole nitrogens is 1. The molecular weight excluding hydrogens is 359 g/mol. The van der Waals surface area contributed by atoms with Crippen LogP contribution in [0.15, 0.2) is 36.5 Å². The summed E-state index contributed by atoms with van der Waals surface area (Å²) >= 11 is 5.91. The second kappa shape index (κ2) is 8.01. The Morgan fingerprint density at radius 1 is 1.27 bits per heavy atom. The number of carbonyl (C=O) groups is 1. The number of aromatic nitrogens is 3. The molecule has 0 unspecified atom stereocenters. The van der Waals surface area contributed by atoms with E-state index in [-0.39, 0.29) is 18.4 Å². The Labute approximate surface area is 154 Å². The van der Waals surface area contributed by atoms with Crippen LogP contribution in [0.2, 0.25) is 5.02 Å². The molecule has 3 rings (SSSR count). The van der Waals surface area contributed by atoms with Crippen LogP contribution in [0.25, 0.3) is 22.4 Å². The normalized spacial score (nSPS) is 10.7. The number of halogens is 2. The fraction of sp³-hybridized carbons (Fsp3) is 0.235. The molecule has 0 fully saturated rings. The van der Waals surface area contributed by atoms with Crippen molar-refractivity contribution in [3.63, 3.8) is 0 Å². The van der Waals surface area contributed by atoms with Crippen molar-refractivity contribution in [2.24, 2.45) is 0 Å². The molecule has 0 aliphatic rings. The van der Waals surface area contributed by atoms with Crippen molar-refractivity contribution < 1.29 is 9.28 Å². The predicted octanol–water partition coefficient (Wildman–Crippen LogP) is 3.29. The number of carbonyl (C=O) groups excluding carboxylic acids is 1. The molecule has 0 aliphatic carbocycles. The van der Waals surface area contributed by atoms with Crippen molar-refractivity contribution >= 4 is 34.5 Å². The summed E-state index contributed by atoms with van der Waals surface area (Å²) in [6, 6.07) is 8.46. The SMILES string of the molecule is CNC(=O)NCCCN(F)c1nc(-c2ccc(Cl)cc2)nc2[nH]ccc12. The van der Waals surface area contributed by atoms with Gasteiger partial charge in [-0.15, -0.1) is 0 Å². The van der Waals surface area contributed by atoms with E-state index in [9.17, 15) is 9.28 Å². The van der Waals surface area contributed by atoms with Crippen molar-refractivity contribution in [1.82, 2.24) is 25.6 Å². The Hall–Kier alpha value is -2.87. The van der Waals surface area contributed by atoms with E-state index in [0.29, 0.717) is 40.0 Å². The molecular formula is C17H18ClFN6O. The van der Waals surface area contributed by atoms with Gasteiger partial charge in [-0.1, -0.05) is 16.1 Å². The van der Waals surface area contributed by atoms with Gasteiger partial charge in [0.15, 0.2) is 11.6 Å². The highest BCUT2D eigenvalue weighted by molar-refractivity contribution is 6.30. The third-order valence-corrected chi connectivity index (χ3v) is 4.02. The third kappa shape index (κ3) is 4.02. The van der Waals surface area contributed by atoms with Crippen molar-refractivity contribution in [2.45, 2.75) is 6.42 Å². The molecule has 1 aromatic carbocycles. The maximum absolute atomic E-state index is 14.7. The largest absolute Gasteiger partial charge is 0.346 e. The van der Waals surface area contributed by atoms with Crippen LogP contribution >= 0.6 is 11.6 Å². The van der Waals surface area contributed by atoms with Crippen LogP contribution in [0.5, 0.6) is 0 Å². The molecule has 3 aromatic rings. The summed E-state index contributed by atoms with van der Waals surface area (Å²) in [5.41, 5.74) is 1.29. The lowest BCUT2D eigenvalue weighted by molar-refractivity contribution is 0.242. The Morgan fingerprint density at radius 2 is 2.04 bits per heavy atom. The van der Waals surface area contributed by atoms with Gasteiger partial charge in [0.1, 0.15) is 5.65 Å². The van der Waals surface area contributed by atoms with Crippen LogP contribution in [-0.4, -0.2) is 41.1 Å². The molecule has 0 atom stereocenters. The third-order valence-electron chi connectivity index (χ3n) is 3.77. The predicted molar refractivity (Wildman–Crippen MR) is 99.9 cm³/mol. The second-order valence-corrected chi connectivity index (χ2v) is 6.00. The Morgan fingerprint density at radius 3 is 2.77 bits per heavy atom. The molecule has 0 saturated carbocycles. The van der Waals surface area contributed by atoms with E-state index >= 15 is 0 Å². The Balaban J connectivity index is 1.81. The zero-order valence-electron chi connectivity index (χ0n) is 14.1. The highest BCUT2D eigenvalue weighted by Gasteiger charge is 2.16. The van der Waals surface area contributed by atoms with Gasteiger partial charge in [0.05, 0.1) is 11.9 Å². The maximum atomic E-state index is 14.7. The molecule has 0 radical (unpaired) electrons. The number of rotatable bonds is 6. The lowest BCUT2D eigenvalue weighted by Gasteiger charge is -2.15. The molecule has 7 nitrogen and oxygen atoms in total. The summed E-state index contributed by atoms with van der Waals surface area (Å²) in [7, 11) is 1.53. The lowest BCUT2D eigenvalue weighted by atomic mass is 10.2. The van der Waals surface area contributed by atoms with Gasteiger partial charge in [0.2, 0.25) is 0 Å². The van der Waals surface area contributed by atoms with Crippen molar-refractivity contribution in [3.8, 4) is 11.4 Å². The zero-order chi connectivity index (χ0) is 18.5. The van der Waals surface area contributed by atoms with Gasteiger partial charge in [-0.05, 0) is 36.8 Å². The van der Waals surface area contributed by atoms with Gasteiger partial charge < -0.3 is 15.6 Å². The summed E-state index contributed by atoms with van der Waals surface area (Å²) in [4.78, 5) is 22.9. The minimum atomic E-state index is -0.296. The number of nitrogens with zero attached hydrogens (tertiary/aromatic N) is 3. The molecule has 9 heteroatoms. The Kier molecular flexibility index (Phi) is 5.52. The van der Waals surface area contributed by atoms with Crippen molar-refractivity contribution in [1.29, 1.82) is 0 Å². The molecule has 26 heavy (non-hydrogen) atoms. The van der Waals surface area contributed by atoms with Crippen LogP contribution in [0, 0.1) is 0 Å². The van der Waals surface area contributed by atoms with Gasteiger partial charge in [-0.25, -0.2) is 14.8 Å². The van der Waals surface area contributed by atoms with Crippen LogP contribution in [0.1, 0.15) is 6.42 Å². The van der Waals surface area contributed by atoms with E-state index in [0.717, 1.165) is 5.56 Å². The van der Waals surface area contributed by atoms with Gasteiger partial charge in [-0.3, -0.25) is 0 Å². The highest BCUT2D eigenvalue weighted by Crippen LogP contribution is 2.28. The van der Waals surface area contributed by atoms with Crippen LogP contribution in [0.4, 0.5) is 15.1 Å². The van der Waals surface area contributed by atoms with E-state index in [1.54, 1.807) is 36.5 Å². The number of urea groups is 1. The number of hydrogen-bond acceptors (Lipinski definition) is 4. The number of amides is 2. The molecule has 0 saturated heterocycles. The number of nitrogens with one attached hydrogen (secondary N) is 3. The molecule has 2 heterocycles. The topological polar surface area (TPSA) is 85.9 Å². The van der Waals surface area contributed by atoms with Gasteiger partial charge in [-0.2, -0.15) is 5.12 Å². The van der Waals surface area contributed by atoms with Crippen LogP contribution < -0.4 is 15.8 Å². The fourth-order valence-electron chi connectivity index (χ4n) is 2.45. The summed E-state index contributed by atoms with van der Waals surface area (Å²) < 4.78 is 14.7. The number of benzene rings is 1. The molecule has 2 aromatic heterocycles. The fourth-order valence-corrected chi connectivity index (χ4v) is 2.58. The van der Waals surface area contributed by atoms with Crippen molar-refractivity contribution in [3.05, 3.63) is 41.6 Å². The van der Waals surface area contributed by atoms with E-state index in [2.05, 4.69) is 25.6 Å². The smallest absolute Gasteiger partial charge is 0.314 e.